The predicted octanol–water partition coefficient (Wildman–Crippen LogP) is -0.0721. The third-order valence-corrected chi connectivity index (χ3v) is 2.57. The van der Waals surface area contributed by atoms with Crippen molar-refractivity contribution in [3.8, 4) is 0 Å². The first-order valence-electron chi connectivity index (χ1n) is 5.99. The highest BCUT2D eigenvalue weighted by molar-refractivity contribution is 5.90. The molecule has 114 valence electrons. The van der Waals surface area contributed by atoms with Gasteiger partial charge in [-0.25, -0.2) is 14.6 Å². The number of aryl methyl sites for hydroxylation is 2. The van der Waals surface area contributed by atoms with E-state index in [9.17, 15) is 14.4 Å². The maximum absolute atomic E-state index is 11.6. The highest BCUT2D eigenvalue weighted by Crippen LogP contribution is 2.03. The van der Waals surface area contributed by atoms with Crippen molar-refractivity contribution in [2.45, 2.75) is 32.7 Å². The molecule has 0 aliphatic carbocycles. The summed E-state index contributed by atoms with van der Waals surface area (Å²) in [6.07, 6.45) is -0.608. The van der Waals surface area contributed by atoms with Gasteiger partial charge in [-0.15, -0.1) is 5.10 Å². The normalized spacial score (nSPS) is 11.5. The number of hydrogen-bond donors (Lipinski definition) is 4. The van der Waals surface area contributed by atoms with Crippen molar-refractivity contribution < 1.29 is 24.6 Å². The molecule has 2 amide bonds. The third-order valence-electron chi connectivity index (χ3n) is 2.57. The summed E-state index contributed by atoms with van der Waals surface area (Å²) in [6, 6.07) is -2.17. The minimum absolute atomic E-state index is 0.0713. The van der Waals surface area contributed by atoms with E-state index in [0.717, 1.165) is 0 Å². The average molecular weight is 297 g/mol. The van der Waals surface area contributed by atoms with Crippen LogP contribution in [0, 0.1) is 13.8 Å². The average Bonchev–Trinajstić information content (AvgIpc) is 2.38. The summed E-state index contributed by atoms with van der Waals surface area (Å²) < 4.78 is 0. The van der Waals surface area contributed by atoms with E-state index in [1.165, 1.54) is 0 Å². The topological polar surface area (TPSA) is 154 Å². The van der Waals surface area contributed by atoms with Crippen molar-refractivity contribution in [2.24, 2.45) is 0 Å². The molecule has 0 aromatic carbocycles. The van der Waals surface area contributed by atoms with Gasteiger partial charge in [0.2, 0.25) is 0 Å². The van der Waals surface area contributed by atoms with Gasteiger partial charge in [-0.1, -0.05) is 0 Å². The number of carboxylic acid groups (broad SMARTS) is 2. The van der Waals surface area contributed by atoms with Gasteiger partial charge in [0.25, 0.3) is 5.95 Å². The number of aliphatic carboxylic acids is 2. The first-order valence-corrected chi connectivity index (χ1v) is 5.99. The zero-order chi connectivity index (χ0) is 16.0. The van der Waals surface area contributed by atoms with Crippen molar-refractivity contribution in [1.29, 1.82) is 0 Å². The molecule has 0 fully saturated rings. The number of carbonyl (C=O) groups is 3. The molecular weight excluding hydrogens is 282 g/mol. The van der Waals surface area contributed by atoms with Crippen LogP contribution in [-0.2, 0) is 9.59 Å². The Morgan fingerprint density at radius 2 is 1.81 bits per heavy atom. The molecule has 0 bridgehead atoms. The molecule has 1 aromatic heterocycles. The maximum atomic E-state index is 11.6. The van der Waals surface area contributed by atoms with Crippen molar-refractivity contribution >= 4 is 23.9 Å². The molecule has 4 N–H and O–H groups in total. The number of rotatable bonds is 6. The smallest absolute Gasteiger partial charge is 0.326 e. The Morgan fingerprint density at radius 3 is 2.33 bits per heavy atom. The molecule has 0 spiro atoms. The maximum Gasteiger partial charge on any atom is 0.326 e. The summed E-state index contributed by atoms with van der Waals surface area (Å²) in [7, 11) is 0. The molecule has 1 atom stereocenters. The van der Waals surface area contributed by atoms with Gasteiger partial charge in [-0.2, -0.15) is 5.10 Å². The molecule has 21 heavy (non-hydrogen) atoms. The minimum Gasteiger partial charge on any atom is -0.481 e. The largest absolute Gasteiger partial charge is 0.481 e. The standard InChI is InChI=1S/C11H15N5O5/c1-5-6(2)15-16-10(12-5)14-11(21)13-7(9(19)20)3-4-8(17)18/h7H,3-4H2,1-2H3,(H,17,18)(H,19,20)(H2,12,13,14,16,21). The summed E-state index contributed by atoms with van der Waals surface area (Å²) in [6.45, 7) is 3.38. The van der Waals surface area contributed by atoms with Gasteiger partial charge in [-0.3, -0.25) is 10.1 Å². The second-order valence-corrected chi connectivity index (χ2v) is 4.23. The van der Waals surface area contributed by atoms with Crippen LogP contribution < -0.4 is 10.6 Å². The van der Waals surface area contributed by atoms with Crippen LogP contribution in [0.4, 0.5) is 10.7 Å². The van der Waals surface area contributed by atoms with E-state index in [1.807, 2.05) is 0 Å². The summed E-state index contributed by atoms with van der Waals surface area (Å²) in [5, 5.41) is 29.2. The van der Waals surface area contributed by atoms with Gasteiger partial charge < -0.3 is 15.5 Å². The van der Waals surface area contributed by atoms with Crippen molar-refractivity contribution in [3.63, 3.8) is 0 Å². The lowest BCUT2D eigenvalue weighted by Gasteiger charge is -2.13. The summed E-state index contributed by atoms with van der Waals surface area (Å²) in [5.41, 5.74) is 1.17. The Bertz CT molecular complexity index is 562. The van der Waals surface area contributed by atoms with Gasteiger partial charge in [0.15, 0.2) is 0 Å². The quantitative estimate of drug-likeness (QED) is 0.568. The molecule has 1 rings (SSSR count). The highest BCUT2D eigenvalue weighted by Gasteiger charge is 2.21. The number of urea groups is 1. The first kappa shape index (κ1) is 16.3. The van der Waals surface area contributed by atoms with Gasteiger partial charge in [0.1, 0.15) is 6.04 Å². The van der Waals surface area contributed by atoms with E-state index in [1.54, 1.807) is 13.8 Å². The number of hydrogen-bond acceptors (Lipinski definition) is 6. The minimum atomic E-state index is -1.33. The Kier molecular flexibility index (Phi) is 5.52. The highest BCUT2D eigenvalue weighted by atomic mass is 16.4. The van der Waals surface area contributed by atoms with Crippen molar-refractivity contribution in [1.82, 2.24) is 20.5 Å². The summed E-state index contributed by atoms with van der Waals surface area (Å²) in [4.78, 5) is 36.9. The molecule has 10 heteroatoms. The Balaban J connectivity index is 2.62. The Hall–Kier alpha value is -2.78. The number of carbonyl (C=O) groups excluding carboxylic acids is 1. The van der Waals surface area contributed by atoms with E-state index >= 15 is 0 Å². The fourth-order valence-corrected chi connectivity index (χ4v) is 1.33. The van der Waals surface area contributed by atoms with E-state index in [0.29, 0.717) is 11.4 Å². The number of nitrogens with one attached hydrogen (secondary N) is 2. The van der Waals surface area contributed by atoms with Crippen LogP contribution in [0.15, 0.2) is 0 Å². The zero-order valence-corrected chi connectivity index (χ0v) is 11.5. The molecule has 1 aromatic rings. The lowest BCUT2D eigenvalue weighted by molar-refractivity contribution is -0.140. The molecule has 0 saturated carbocycles. The molecule has 1 unspecified atom stereocenters. The van der Waals surface area contributed by atoms with Gasteiger partial charge >= 0.3 is 18.0 Å². The van der Waals surface area contributed by atoms with Gasteiger partial charge in [-0.05, 0) is 20.3 Å². The number of anilines is 1. The fourth-order valence-electron chi connectivity index (χ4n) is 1.33. The number of carboxylic acids is 2. The molecule has 0 radical (unpaired) electrons. The van der Waals surface area contributed by atoms with Gasteiger partial charge in [0.05, 0.1) is 11.4 Å². The van der Waals surface area contributed by atoms with Crippen molar-refractivity contribution in [3.05, 3.63) is 11.4 Å². The van der Waals surface area contributed by atoms with Crippen LogP contribution in [-0.4, -0.2) is 49.4 Å². The second-order valence-electron chi connectivity index (χ2n) is 4.23. The van der Waals surface area contributed by atoms with Crippen LogP contribution in [0.1, 0.15) is 24.2 Å². The molecule has 0 saturated heterocycles. The molecule has 10 nitrogen and oxygen atoms in total. The lowest BCUT2D eigenvalue weighted by Crippen LogP contribution is -2.43. The number of amides is 2. The Labute approximate surface area is 119 Å². The zero-order valence-electron chi connectivity index (χ0n) is 11.5. The molecule has 0 aliphatic rings. The van der Waals surface area contributed by atoms with Crippen LogP contribution in [0.5, 0.6) is 0 Å². The molecular formula is C11H15N5O5. The van der Waals surface area contributed by atoms with E-state index in [-0.39, 0.29) is 18.8 Å². The Morgan fingerprint density at radius 1 is 1.14 bits per heavy atom. The predicted molar refractivity (Wildman–Crippen MR) is 69.7 cm³/mol. The SMILES string of the molecule is Cc1nnc(NC(=O)NC(CCC(=O)O)C(=O)O)nc1C. The van der Waals surface area contributed by atoms with Crippen LogP contribution in [0.3, 0.4) is 0 Å². The number of aromatic nitrogens is 3. The van der Waals surface area contributed by atoms with E-state index in [4.69, 9.17) is 10.2 Å². The van der Waals surface area contributed by atoms with E-state index < -0.39 is 24.0 Å². The fraction of sp³-hybridized carbons (Fsp3) is 0.455. The second kappa shape index (κ2) is 7.12. The first-order chi connectivity index (χ1) is 9.79. The van der Waals surface area contributed by atoms with E-state index in [2.05, 4.69) is 25.8 Å². The number of nitrogens with zero attached hydrogens (tertiary/aromatic N) is 3. The van der Waals surface area contributed by atoms with Crippen LogP contribution in [0.2, 0.25) is 0 Å². The summed E-state index contributed by atoms with van der Waals surface area (Å²) >= 11 is 0. The monoisotopic (exact) mass is 297 g/mol. The lowest BCUT2D eigenvalue weighted by atomic mass is 10.1. The summed E-state index contributed by atoms with van der Waals surface area (Å²) in [5.74, 6) is -2.55. The van der Waals surface area contributed by atoms with Gasteiger partial charge in [0, 0.05) is 6.42 Å². The van der Waals surface area contributed by atoms with Crippen LogP contribution in [0.25, 0.3) is 0 Å². The van der Waals surface area contributed by atoms with Crippen LogP contribution >= 0.6 is 0 Å². The van der Waals surface area contributed by atoms with Crippen molar-refractivity contribution in [2.75, 3.05) is 5.32 Å². The molecule has 0 aliphatic heterocycles. The molecule has 1 heterocycles. The third kappa shape index (κ3) is 5.38.